The molecule has 126 valence electrons. The number of aromatic nitrogens is 1. The summed E-state index contributed by atoms with van der Waals surface area (Å²) in [4.78, 5) is 30.6. The predicted octanol–water partition coefficient (Wildman–Crippen LogP) is 3.43. The van der Waals surface area contributed by atoms with Crippen LogP contribution in [0.1, 0.15) is 46.0 Å². The van der Waals surface area contributed by atoms with Gasteiger partial charge in [-0.3, -0.25) is 9.59 Å². The van der Waals surface area contributed by atoms with Crippen LogP contribution in [0.2, 0.25) is 0 Å². The third-order valence-corrected chi connectivity index (χ3v) is 4.02. The normalized spacial score (nSPS) is 10.3. The maximum absolute atomic E-state index is 12.4. The number of rotatable bonds is 5. The van der Waals surface area contributed by atoms with Gasteiger partial charge in [-0.25, -0.2) is 4.98 Å². The average molecular weight is 325 g/mol. The van der Waals surface area contributed by atoms with E-state index in [9.17, 15) is 9.59 Å². The summed E-state index contributed by atoms with van der Waals surface area (Å²) >= 11 is 0. The number of anilines is 1. The maximum Gasteiger partial charge on any atom is 0.274 e. The lowest BCUT2D eigenvalue weighted by Gasteiger charge is -2.18. The fraction of sp³-hybridized carbons (Fsp3) is 0.316. The number of nitrogens with one attached hydrogen (secondary N) is 1. The number of pyridine rings is 1. The van der Waals surface area contributed by atoms with Crippen molar-refractivity contribution < 1.29 is 9.59 Å². The number of hydrogen-bond acceptors (Lipinski definition) is 3. The minimum Gasteiger partial charge on any atom is -0.338 e. The van der Waals surface area contributed by atoms with E-state index >= 15 is 0 Å². The van der Waals surface area contributed by atoms with Gasteiger partial charge in [-0.1, -0.05) is 12.1 Å². The molecule has 0 unspecified atom stereocenters. The lowest BCUT2D eigenvalue weighted by Crippen LogP contribution is -2.31. The number of benzene rings is 1. The Labute approximate surface area is 142 Å². The van der Waals surface area contributed by atoms with Crippen LogP contribution in [0.25, 0.3) is 0 Å². The zero-order valence-electron chi connectivity index (χ0n) is 14.6. The van der Waals surface area contributed by atoms with Gasteiger partial charge < -0.3 is 10.2 Å². The van der Waals surface area contributed by atoms with Crippen LogP contribution in [0.3, 0.4) is 0 Å². The van der Waals surface area contributed by atoms with Gasteiger partial charge in [0.1, 0.15) is 11.4 Å². The summed E-state index contributed by atoms with van der Waals surface area (Å²) in [6.45, 7) is 9.05. The quantitative estimate of drug-likeness (QED) is 0.916. The van der Waals surface area contributed by atoms with Gasteiger partial charge >= 0.3 is 0 Å². The lowest BCUT2D eigenvalue weighted by atomic mass is 10.1. The standard InChI is InChI=1S/C19H23N3O2/c1-5-22(6-2)19(24)17-9-7-8-16(21-17)18(23)20-15-11-10-13(3)14(4)12-15/h7-12H,5-6H2,1-4H3,(H,20,23). The molecule has 2 amide bonds. The molecule has 1 heterocycles. The van der Waals surface area contributed by atoms with Crippen molar-refractivity contribution in [3.8, 4) is 0 Å². The van der Waals surface area contributed by atoms with Gasteiger partial charge in [-0.15, -0.1) is 0 Å². The van der Waals surface area contributed by atoms with E-state index < -0.39 is 0 Å². The molecule has 1 N–H and O–H groups in total. The number of carbonyl (C=O) groups excluding carboxylic acids is 2. The second-order valence-corrected chi connectivity index (χ2v) is 5.64. The Bertz CT molecular complexity index is 752. The largest absolute Gasteiger partial charge is 0.338 e. The van der Waals surface area contributed by atoms with Crippen LogP contribution in [-0.4, -0.2) is 34.8 Å². The van der Waals surface area contributed by atoms with Crippen molar-refractivity contribution in [3.63, 3.8) is 0 Å². The molecule has 0 atom stereocenters. The van der Waals surface area contributed by atoms with Crippen LogP contribution in [0.4, 0.5) is 5.69 Å². The van der Waals surface area contributed by atoms with E-state index in [1.54, 1.807) is 23.1 Å². The molecule has 5 heteroatoms. The van der Waals surface area contributed by atoms with Crippen LogP contribution in [-0.2, 0) is 0 Å². The molecular weight excluding hydrogens is 302 g/mol. The first-order chi connectivity index (χ1) is 11.5. The number of aryl methyl sites for hydroxylation is 2. The third-order valence-electron chi connectivity index (χ3n) is 4.02. The molecule has 1 aromatic heterocycles. The van der Waals surface area contributed by atoms with Crippen molar-refractivity contribution in [2.45, 2.75) is 27.7 Å². The molecule has 5 nitrogen and oxygen atoms in total. The second kappa shape index (κ2) is 7.73. The number of carbonyl (C=O) groups is 2. The molecule has 0 saturated heterocycles. The fourth-order valence-corrected chi connectivity index (χ4v) is 2.37. The van der Waals surface area contributed by atoms with Gasteiger partial charge in [0, 0.05) is 18.8 Å². The van der Waals surface area contributed by atoms with Gasteiger partial charge in [0.25, 0.3) is 11.8 Å². The smallest absolute Gasteiger partial charge is 0.274 e. The molecule has 1 aromatic carbocycles. The molecule has 2 aromatic rings. The number of hydrogen-bond donors (Lipinski definition) is 1. The summed E-state index contributed by atoms with van der Waals surface area (Å²) in [5.74, 6) is -0.492. The van der Waals surface area contributed by atoms with Gasteiger partial charge in [0.2, 0.25) is 0 Å². The highest BCUT2D eigenvalue weighted by Gasteiger charge is 2.16. The third kappa shape index (κ3) is 3.98. The van der Waals surface area contributed by atoms with Crippen molar-refractivity contribution >= 4 is 17.5 Å². The summed E-state index contributed by atoms with van der Waals surface area (Å²) in [5.41, 5.74) is 3.49. The summed E-state index contributed by atoms with van der Waals surface area (Å²) in [7, 11) is 0. The topological polar surface area (TPSA) is 62.3 Å². The SMILES string of the molecule is CCN(CC)C(=O)c1cccc(C(=O)Nc2ccc(C)c(C)c2)n1. The van der Waals surface area contributed by atoms with E-state index in [1.165, 1.54) is 0 Å². The van der Waals surface area contributed by atoms with Crippen molar-refractivity contribution in [1.82, 2.24) is 9.88 Å². The van der Waals surface area contributed by atoms with Gasteiger partial charge in [-0.05, 0) is 63.1 Å². The Morgan fingerprint density at radius 3 is 2.29 bits per heavy atom. The Balaban J connectivity index is 2.19. The summed E-state index contributed by atoms with van der Waals surface area (Å²) in [5, 5.41) is 2.82. The second-order valence-electron chi connectivity index (χ2n) is 5.64. The van der Waals surface area contributed by atoms with E-state index in [1.807, 2.05) is 45.9 Å². The predicted molar refractivity (Wildman–Crippen MR) is 95.4 cm³/mol. The molecule has 24 heavy (non-hydrogen) atoms. The fourth-order valence-electron chi connectivity index (χ4n) is 2.37. The van der Waals surface area contributed by atoms with E-state index in [0.29, 0.717) is 18.8 Å². The molecule has 0 aliphatic carbocycles. The first kappa shape index (κ1) is 17.7. The van der Waals surface area contributed by atoms with Gasteiger partial charge in [0.15, 0.2) is 0 Å². The van der Waals surface area contributed by atoms with E-state index in [-0.39, 0.29) is 23.2 Å². The number of nitrogens with zero attached hydrogens (tertiary/aromatic N) is 2. The summed E-state index contributed by atoms with van der Waals surface area (Å²) < 4.78 is 0. The van der Waals surface area contributed by atoms with Crippen LogP contribution in [0.5, 0.6) is 0 Å². The Kier molecular flexibility index (Phi) is 5.68. The molecule has 0 radical (unpaired) electrons. The van der Waals surface area contributed by atoms with E-state index in [4.69, 9.17) is 0 Å². The molecule has 0 saturated carbocycles. The average Bonchev–Trinajstić information content (AvgIpc) is 2.59. The van der Waals surface area contributed by atoms with Gasteiger partial charge in [-0.2, -0.15) is 0 Å². The molecule has 2 rings (SSSR count). The molecule has 0 bridgehead atoms. The first-order valence-corrected chi connectivity index (χ1v) is 8.11. The van der Waals surface area contributed by atoms with Crippen LogP contribution in [0.15, 0.2) is 36.4 Å². The highest BCUT2D eigenvalue weighted by atomic mass is 16.2. The Hall–Kier alpha value is -2.69. The van der Waals surface area contributed by atoms with Crippen LogP contribution in [0, 0.1) is 13.8 Å². The van der Waals surface area contributed by atoms with E-state index in [0.717, 1.165) is 11.1 Å². The molecule has 0 spiro atoms. The molecule has 0 aliphatic rings. The van der Waals surface area contributed by atoms with Crippen LogP contribution < -0.4 is 5.32 Å². The Morgan fingerprint density at radius 1 is 1.00 bits per heavy atom. The highest BCUT2D eigenvalue weighted by molar-refractivity contribution is 6.03. The summed E-state index contributed by atoms with van der Waals surface area (Å²) in [6.07, 6.45) is 0. The first-order valence-electron chi connectivity index (χ1n) is 8.11. The van der Waals surface area contributed by atoms with Crippen molar-refractivity contribution in [2.75, 3.05) is 18.4 Å². The summed E-state index contributed by atoms with van der Waals surface area (Å²) in [6, 6.07) is 10.6. The lowest BCUT2D eigenvalue weighted by molar-refractivity contribution is 0.0767. The van der Waals surface area contributed by atoms with Crippen LogP contribution >= 0.6 is 0 Å². The zero-order chi connectivity index (χ0) is 17.7. The minimum absolute atomic E-state index is 0.166. The Morgan fingerprint density at radius 2 is 1.67 bits per heavy atom. The van der Waals surface area contributed by atoms with E-state index in [2.05, 4.69) is 10.3 Å². The number of amides is 2. The van der Waals surface area contributed by atoms with Gasteiger partial charge in [0.05, 0.1) is 0 Å². The monoisotopic (exact) mass is 325 g/mol. The molecule has 0 aliphatic heterocycles. The maximum atomic E-state index is 12.4. The zero-order valence-corrected chi connectivity index (χ0v) is 14.6. The van der Waals surface area contributed by atoms with Crippen molar-refractivity contribution in [3.05, 3.63) is 58.9 Å². The highest BCUT2D eigenvalue weighted by Crippen LogP contribution is 2.15. The van der Waals surface area contributed by atoms with Crippen molar-refractivity contribution in [1.29, 1.82) is 0 Å². The molecule has 0 fully saturated rings. The van der Waals surface area contributed by atoms with Crippen molar-refractivity contribution in [2.24, 2.45) is 0 Å². The minimum atomic E-state index is -0.326. The molecular formula is C19H23N3O2.